The van der Waals surface area contributed by atoms with Crippen LogP contribution in [0.5, 0.6) is 0 Å². The predicted molar refractivity (Wildman–Crippen MR) is 97.2 cm³/mol. The molecule has 0 saturated carbocycles. The number of hydrogen-bond donors (Lipinski definition) is 0. The zero-order chi connectivity index (χ0) is 19.2. The highest BCUT2D eigenvalue weighted by atomic mass is 16.5. The summed E-state index contributed by atoms with van der Waals surface area (Å²) in [6, 6.07) is 1.89. The highest BCUT2D eigenvalue weighted by molar-refractivity contribution is 5.92. The van der Waals surface area contributed by atoms with E-state index in [0.717, 1.165) is 44.7 Å². The SMILES string of the molecule is Cc1cc(C(=O)N2CCC3(CC2)CC(c2noc(C(C)C)n2)N(C)C3)no1. The second-order valence-corrected chi connectivity index (χ2v) is 8.40. The van der Waals surface area contributed by atoms with Crippen LogP contribution >= 0.6 is 0 Å². The molecule has 4 heterocycles. The third-order valence-corrected chi connectivity index (χ3v) is 5.95. The summed E-state index contributed by atoms with van der Waals surface area (Å²) >= 11 is 0. The smallest absolute Gasteiger partial charge is 0.276 e. The first-order valence-electron chi connectivity index (χ1n) is 9.63. The normalized spacial score (nSPS) is 22.9. The molecule has 146 valence electrons. The lowest BCUT2D eigenvalue weighted by Gasteiger charge is -2.39. The lowest BCUT2D eigenvalue weighted by molar-refractivity contribution is 0.0583. The zero-order valence-corrected chi connectivity index (χ0v) is 16.4. The van der Waals surface area contributed by atoms with Crippen LogP contribution in [0.2, 0.25) is 0 Å². The number of amides is 1. The predicted octanol–water partition coefficient (Wildman–Crippen LogP) is 2.79. The van der Waals surface area contributed by atoms with Crippen molar-refractivity contribution in [3.8, 4) is 0 Å². The molecule has 1 spiro atoms. The Balaban J connectivity index is 1.41. The second kappa shape index (κ2) is 6.74. The van der Waals surface area contributed by atoms with Crippen LogP contribution in [0.4, 0.5) is 0 Å². The zero-order valence-electron chi connectivity index (χ0n) is 16.4. The molecule has 2 fully saturated rings. The van der Waals surface area contributed by atoms with Crippen LogP contribution in [0.1, 0.15) is 73.0 Å². The number of hydrogen-bond acceptors (Lipinski definition) is 7. The molecule has 1 unspecified atom stereocenters. The summed E-state index contributed by atoms with van der Waals surface area (Å²) in [5.74, 6) is 2.34. The molecule has 4 rings (SSSR count). The maximum Gasteiger partial charge on any atom is 0.276 e. The molecule has 27 heavy (non-hydrogen) atoms. The van der Waals surface area contributed by atoms with Gasteiger partial charge in [0.15, 0.2) is 11.5 Å². The van der Waals surface area contributed by atoms with E-state index >= 15 is 0 Å². The fourth-order valence-corrected chi connectivity index (χ4v) is 4.35. The molecule has 8 heteroatoms. The summed E-state index contributed by atoms with van der Waals surface area (Å²) in [5.41, 5.74) is 0.604. The van der Waals surface area contributed by atoms with Gasteiger partial charge < -0.3 is 13.9 Å². The highest BCUT2D eigenvalue weighted by Crippen LogP contribution is 2.47. The van der Waals surface area contributed by atoms with Crippen LogP contribution in [0.25, 0.3) is 0 Å². The quantitative estimate of drug-likeness (QED) is 0.817. The molecule has 1 atom stereocenters. The first-order valence-corrected chi connectivity index (χ1v) is 9.63. The number of rotatable bonds is 3. The van der Waals surface area contributed by atoms with Gasteiger partial charge in [-0.2, -0.15) is 4.98 Å². The highest BCUT2D eigenvalue weighted by Gasteiger charge is 2.46. The molecule has 2 aromatic heterocycles. The van der Waals surface area contributed by atoms with Gasteiger partial charge in [-0.25, -0.2) is 0 Å². The number of carbonyl (C=O) groups is 1. The maximum atomic E-state index is 12.6. The largest absolute Gasteiger partial charge is 0.361 e. The van der Waals surface area contributed by atoms with Crippen molar-refractivity contribution >= 4 is 5.91 Å². The monoisotopic (exact) mass is 373 g/mol. The molecular formula is C19H27N5O3. The molecular weight excluding hydrogens is 346 g/mol. The Kier molecular flexibility index (Phi) is 4.53. The molecule has 0 bridgehead atoms. The maximum absolute atomic E-state index is 12.6. The summed E-state index contributed by atoms with van der Waals surface area (Å²) in [7, 11) is 2.13. The van der Waals surface area contributed by atoms with Gasteiger partial charge in [-0.1, -0.05) is 24.2 Å². The van der Waals surface area contributed by atoms with Gasteiger partial charge in [-0.3, -0.25) is 9.69 Å². The lowest BCUT2D eigenvalue weighted by Crippen LogP contribution is -2.44. The average molecular weight is 373 g/mol. The first-order chi connectivity index (χ1) is 12.9. The van der Waals surface area contributed by atoms with Crippen LogP contribution in [0.3, 0.4) is 0 Å². The average Bonchev–Trinajstić information content (AvgIpc) is 3.34. The summed E-state index contributed by atoms with van der Waals surface area (Å²) < 4.78 is 10.4. The topological polar surface area (TPSA) is 88.5 Å². The lowest BCUT2D eigenvalue weighted by atomic mass is 9.76. The van der Waals surface area contributed by atoms with Crippen LogP contribution in [-0.4, -0.2) is 57.7 Å². The van der Waals surface area contributed by atoms with Gasteiger partial charge >= 0.3 is 0 Å². The Morgan fingerprint density at radius 1 is 1.26 bits per heavy atom. The molecule has 0 aliphatic carbocycles. The van der Waals surface area contributed by atoms with E-state index in [1.807, 2.05) is 4.90 Å². The first kappa shape index (κ1) is 18.2. The summed E-state index contributed by atoms with van der Waals surface area (Å²) in [6.45, 7) is 8.39. The Morgan fingerprint density at radius 3 is 2.59 bits per heavy atom. The van der Waals surface area contributed by atoms with Crippen molar-refractivity contribution in [3.05, 3.63) is 29.2 Å². The van der Waals surface area contributed by atoms with Crippen molar-refractivity contribution in [1.29, 1.82) is 0 Å². The summed E-state index contributed by atoms with van der Waals surface area (Å²) in [5, 5.41) is 8.08. The molecule has 2 aromatic rings. The minimum Gasteiger partial charge on any atom is -0.361 e. The molecule has 2 aliphatic rings. The molecule has 2 saturated heterocycles. The number of likely N-dealkylation sites (tertiary alicyclic amines) is 2. The molecule has 1 amide bonds. The number of carbonyl (C=O) groups excluding carboxylic acids is 1. The van der Waals surface area contributed by atoms with Crippen molar-refractivity contribution in [2.75, 3.05) is 26.7 Å². The van der Waals surface area contributed by atoms with E-state index in [9.17, 15) is 4.79 Å². The Bertz CT molecular complexity index is 819. The van der Waals surface area contributed by atoms with Crippen molar-refractivity contribution in [1.82, 2.24) is 25.1 Å². The van der Waals surface area contributed by atoms with E-state index in [2.05, 4.69) is 41.1 Å². The van der Waals surface area contributed by atoms with E-state index in [4.69, 9.17) is 9.05 Å². The van der Waals surface area contributed by atoms with E-state index < -0.39 is 0 Å². The third-order valence-electron chi connectivity index (χ3n) is 5.95. The van der Waals surface area contributed by atoms with Crippen molar-refractivity contribution in [2.24, 2.45) is 5.41 Å². The van der Waals surface area contributed by atoms with Gasteiger partial charge in [0.25, 0.3) is 5.91 Å². The molecule has 0 N–H and O–H groups in total. The van der Waals surface area contributed by atoms with Gasteiger partial charge in [-0.15, -0.1) is 0 Å². The molecule has 8 nitrogen and oxygen atoms in total. The Hall–Kier alpha value is -2.22. The van der Waals surface area contributed by atoms with E-state index in [1.54, 1.807) is 13.0 Å². The second-order valence-electron chi connectivity index (χ2n) is 8.40. The summed E-state index contributed by atoms with van der Waals surface area (Å²) in [4.78, 5) is 21.4. The molecule has 2 aliphatic heterocycles. The van der Waals surface area contributed by atoms with Gasteiger partial charge in [0.2, 0.25) is 5.89 Å². The number of aromatic nitrogens is 3. The van der Waals surface area contributed by atoms with Gasteiger partial charge in [0, 0.05) is 31.6 Å². The van der Waals surface area contributed by atoms with E-state index in [1.165, 1.54) is 0 Å². The molecule has 0 aromatic carbocycles. The minimum absolute atomic E-state index is 0.0376. The van der Waals surface area contributed by atoms with Crippen LogP contribution < -0.4 is 0 Å². The minimum atomic E-state index is -0.0376. The number of piperidine rings is 1. The van der Waals surface area contributed by atoms with Gasteiger partial charge in [0.1, 0.15) is 5.76 Å². The summed E-state index contributed by atoms with van der Waals surface area (Å²) in [6.07, 6.45) is 2.96. The third kappa shape index (κ3) is 3.38. The molecule has 0 radical (unpaired) electrons. The fraction of sp³-hybridized carbons (Fsp3) is 0.684. The van der Waals surface area contributed by atoms with E-state index in [-0.39, 0.29) is 23.3 Å². The van der Waals surface area contributed by atoms with Gasteiger partial charge in [0.05, 0.1) is 6.04 Å². The van der Waals surface area contributed by atoms with Crippen LogP contribution in [-0.2, 0) is 0 Å². The fourth-order valence-electron chi connectivity index (χ4n) is 4.35. The van der Waals surface area contributed by atoms with Gasteiger partial charge in [-0.05, 0) is 38.6 Å². The number of nitrogens with zero attached hydrogens (tertiary/aromatic N) is 5. The van der Waals surface area contributed by atoms with Crippen molar-refractivity contribution in [3.63, 3.8) is 0 Å². The van der Waals surface area contributed by atoms with Crippen molar-refractivity contribution < 1.29 is 13.8 Å². The Morgan fingerprint density at radius 2 is 2.00 bits per heavy atom. The Labute approximate surface area is 158 Å². The van der Waals surface area contributed by atoms with Crippen molar-refractivity contribution in [2.45, 2.75) is 52.0 Å². The van der Waals surface area contributed by atoms with Crippen LogP contribution in [0, 0.1) is 12.3 Å². The number of aryl methyl sites for hydroxylation is 1. The van der Waals surface area contributed by atoms with Crippen LogP contribution in [0.15, 0.2) is 15.1 Å². The standard InChI is InChI=1S/C19H27N5O3/c1-12(2)17-20-16(22-27-17)15-10-19(11-23(15)4)5-7-24(8-6-19)18(25)14-9-13(3)26-21-14/h9,12,15H,5-8,10-11H2,1-4H3. The van der Waals surface area contributed by atoms with E-state index in [0.29, 0.717) is 17.3 Å².